The highest BCUT2D eigenvalue weighted by molar-refractivity contribution is 5.32. The molecule has 2 heterocycles. The third-order valence-electron chi connectivity index (χ3n) is 5.37. The smallest absolute Gasteiger partial charge is 0.290 e. The van der Waals surface area contributed by atoms with Crippen molar-refractivity contribution >= 4 is 6.47 Å². The van der Waals surface area contributed by atoms with Gasteiger partial charge in [0.2, 0.25) is 0 Å². The largest absolute Gasteiger partial charge is 0.488 e. The lowest BCUT2D eigenvalue weighted by Crippen LogP contribution is -2.42. The molecule has 0 spiro atoms. The molecule has 4 atom stereocenters. The molecule has 152 valence electrons. The molecule has 2 N–H and O–H groups in total. The molecule has 2 aromatic rings. The van der Waals surface area contributed by atoms with Crippen molar-refractivity contribution in [1.82, 2.24) is 19.7 Å². The van der Waals surface area contributed by atoms with E-state index in [9.17, 15) is 9.50 Å². The summed E-state index contributed by atoms with van der Waals surface area (Å²) < 4.78 is 20.8. The molecule has 28 heavy (non-hydrogen) atoms. The lowest BCUT2D eigenvalue weighted by Gasteiger charge is -2.35. The van der Waals surface area contributed by atoms with E-state index in [2.05, 4.69) is 15.0 Å². The van der Waals surface area contributed by atoms with Crippen molar-refractivity contribution in [2.75, 3.05) is 19.6 Å². The van der Waals surface area contributed by atoms with Crippen molar-refractivity contribution in [3.8, 4) is 5.75 Å². The van der Waals surface area contributed by atoms with Crippen molar-refractivity contribution in [2.24, 2.45) is 11.8 Å². The molecule has 1 saturated carbocycles. The van der Waals surface area contributed by atoms with Crippen LogP contribution in [0.5, 0.6) is 5.75 Å². The van der Waals surface area contributed by atoms with Gasteiger partial charge in [-0.15, -0.1) is 0 Å². The highest BCUT2D eigenvalue weighted by Gasteiger charge is 2.42. The van der Waals surface area contributed by atoms with Crippen LogP contribution in [0.15, 0.2) is 36.9 Å². The van der Waals surface area contributed by atoms with Gasteiger partial charge < -0.3 is 19.8 Å². The van der Waals surface area contributed by atoms with Gasteiger partial charge in [-0.05, 0) is 48.9 Å². The zero-order valence-electron chi connectivity index (χ0n) is 15.5. The number of benzene rings is 1. The van der Waals surface area contributed by atoms with Crippen LogP contribution in [0.1, 0.15) is 12.8 Å². The van der Waals surface area contributed by atoms with Crippen molar-refractivity contribution in [1.29, 1.82) is 0 Å². The minimum absolute atomic E-state index is 0.220. The van der Waals surface area contributed by atoms with E-state index in [-0.39, 0.29) is 18.4 Å². The van der Waals surface area contributed by atoms with E-state index in [1.165, 1.54) is 12.1 Å². The molecule has 0 unspecified atom stereocenters. The summed E-state index contributed by atoms with van der Waals surface area (Å²) in [5.74, 6) is 1.38. The number of nitrogens with zero attached hydrogens (tertiary/aromatic N) is 4. The van der Waals surface area contributed by atoms with Crippen molar-refractivity contribution in [3.05, 3.63) is 42.7 Å². The Bertz CT molecular complexity index is 728. The lowest BCUT2D eigenvalue weighted by atomic mass is 9.78. The highest BCUT2D eigenvalue weighted by Crippen LogP contribution is 2.37. The fraction of sp³-hybridized carbons (Fsp3) is 0.526. The number of aromatic nitrogens is 3. The molecule has 0 amide bonds. The van der Waals surface area contributed by atoms with Gasteiger partial charge in [-0.3, -0.25) is 9.48 Å². The van der Waals surface area contributed by atoms with Crippen LogP contribution in [0, 0.1) is 17.7 Å². The molecule has 4 rings (SSSR count). The topological polar surface area (TPSA) is 101 Å². The van der Waals surface area contributed by atoms with E-state index in [1.807, 2.05) is 4.68 Å². The Labute approximate surface area is 162 Å². The number of carboxylic acid groups (broad SMARTS) is 1. The predicted octanol–water partition coefficient (Wildman–Crippen LogP) is 1.27. The Morgan fingerprint density at radius 1 is 1.18 bits per heavy atom. The number of aliphatic hydroxyl groups is 1. The second kappa shape index (κ2) is 9.61. The van der Waals surface area contributed by atoms with Crippen molar-refractivity contribution in [2.45, 2.75) is 31.6 Å². The average Bonchev–Trinajstić information content (AvgIpc) is 3.32. The Balaban J connectivity index is 0.000000706. The lowest BCUT2D eigenvalue weighted by molar-refractivity contribution is -0.122. The number of aliphatic hydroxyl groups excluding tert-OH is 1. The standard InChI is InChI=1S/C18H23FN4O2.CH2O2/c19-15-1-3-16(4-2-15)25-18-8-14-10-22(9-13(14)7-17(18)24)5-6-23-12-20-11-21-23;2-1-3/h1-4,11-14,17-18,24H,5-10H2;1H,(H,2,3)/t13-,14+,17+,18+;/m0./s1. The van der Waals surface area contributed by atoms with Crippen molar-refractivity contribution in [3.63, 3.8) is 0 Å². The summed E-state index contributed by atoms with van der Waals surface area (Å²) in [5.41, 5.74) is 0. The summed E-state index contributed by atoms with van der Waals surface area (Å²) >= 11 is 0. The van der Waals surface area contributed by atoms with Gasteiger partial charge in [0, 0.05) is 19.6 Å². The molecular formula is C19H25FN4O4. The fourth-order valence-electron chi connectivity index (χ4n) is 4.08. The summed E-state index contributed by atoms with van der Waals surface area (Å²) in [6.45, 7) is 3.56. The van der Waals surface area contributed by atoms with Crippen LogP contribution in [0.4, 0.5) is 4.39 Å². The number of carbonyl (C=O) groups is 1. The van der Waals surface area contributed by atoms with Gasteiger partial charge in [0.15, 0.2) is 0 Å². The molecular weight excluding hydrogens is 367 g/mol. The first-order valence-electron chi connectivity index (χ1n) is 9.32. The van der Waals surface area contributed by atoms with Crippen LogP contribution in [-0.4, -0.2) is 68.2 Å². The van der Waals surface area contributed by atoms with Gasteiger partial charge in [0.1, 0.15) is 30.3 Å². The minimum atomic E-state index is -0.471. The van der Waals surface area contributed by atoms with Gasteiger partial charge >= 0.3 is 0 Å². The molecule has 2 aliphatic rings. The number of ether oxygens (including phenoxy) is 1. The van der Waals surface area contributed by atoms with Crippen molar-refractivity contribution < 1.29 is 24.1 Å². The SMILES string of the molecule is O=CO.O[C@@H]1C[C@H]2CN(CCn3cncn3)C[C@H]2C[C@H]1Oc1ccc(F)cc1. The van der Waals surface area contributed by atoms with E-state index in [1.54, 1.807) is 24.8 Å². The number of hydrogen-bond donors (Lipinski definition) is 2. The monoisotopic (exact) mass is 392 g/mol. The molecule has 1 aromatic heterocycles. The summed E-state index contributed by atoms with van der Waals surface area (Å²) in [6.07, 6.45) is 4.19. The van der Waals surface area contributed by atoms with Crippen LogP contribution < -0.4 is 4.74 Å². The minimum Gasteiger partial charge on any atom is -0.488 e. The number of hydrogen-bond acceptors (Lipinski definition) is 6. The molecule has 0 bridgehead atoms. The van der Waals surface area contributed by atoms with Gasteiger partial charge in [-0.1, -0.05) is 0 Å². The fourth-order valence-corrected chi connectivity index (χ4v) is 4.08. The van der Waals surface area contributed by atoms with E-state index in [0.717, 1.165) is 39.0 Å². The quantitative estimate of drug-likeness (QED) is 0.739. The normalized spacial score (nSPS) is 26.8. The number of likely N-dealkylation sites (tertiary alicyclic amines) is 1. The maximum atomic E-state index is 13.0. The molecule has 1 saturated heterocycles. The van der Waals surface area contributed by atoms with Gasteiger partial charge in [0.05, 0.1) is 12.6 Å². The van der Waals surface area contributed by atoms with E-state index < -0.39 is 6.10 Å². The molecule has 1 aromatic carbocycles. The third kappa shape index (κ3) is 5.26. The Kier molecular flexibility index (Phi) is 6.94. The van der Waals surface area contributed by atoms with Crippen LogP contribution in [0.2, 0.25) is 0 Å². The van der Waals surface area contributed by atoms with Gasteiger partial charge in [0.25, 0.3) is 6.47 Å². The molecule has 1 aliphatic carbocycles. The van der Waals surface area contributed by atoms with Gasteiger partial charge in [-0.2, -0.15) is 5.10 Å². The van der Waals surface area contributed by atoms with E-state index in [4.69, 9.17) is 14.6 Å². The maximum Gasteiger partial charge on any atom is 0.290 e. The Morgan fingerprint density at radius 2 is 1.86 bits per heavy atom. The summed E-state index contributed by atoms with van der Waals surface area (Å²) in [7, 11) is 0. The zero-order valence-corrected chi connectivity index (χ0v) is 15.5. The average molecular weight is 392 g/mol. The number of rotatable bonds is 5. The zero-order chi connectivity index (χ0) is 19.9. The molecule has 2 fully saturated rings. The van der Waals surface area contributed by atoms with Crippen LogP contribution in [0.3, 0.4) is 0 Å². The molecule has 1 aliphatic heterocycles. The van der Waals surface area contributed by atoms with Gasteiger partial charge in [-0.25, -0.2) is 9.37 Å². The third-order valence-corrected chi connectivity index (χ3v) is 5.37. The van der Waals surface area contributed by atoms with E-state index >= 15 is 0 Å². The van der Waals surface area contributed by atoms with E-state index in [0.29, 0.717) is 17.6 Å². The van der Waals surface area contributed by atoms with Crippen LogP contribution in [0.25, 0.3) is 0 Å². The first-order chi connectivity index (χ1) is 13.6. The first-order valence-corrected chi connectivity index (χ1v) is 9.32. The Morgan fingerprint density at radius 3 is 2.50 bits per heavy atom. The van der Waals surface area contributed by atoms with Crippen LogP contribution in [-0.2, 0) is 11.3 Å². The Hall–Kier alpha value is -2.52. The number of halogens is 1. The maximum absolute atomic E-state index is 13.0. The number of fused-ring (bicyclic) bond motifs is 1. The molecule has 8 nitrogen and oxygen atoms in total. The highest BCUT2D eigenvalue weighted by atomic mass is 19.1. The summed E-state index contributed by atoms with van der Waals surface area (Å²) in [4.78, 5) is 14.8. The van der Waals surface area contributed by atoms with Crippen LogP contribution >= 0.6 is 0 Å². The molecule has 9 heteroatoms. The first kappa shape index (κ1) is 20.2. The second-order valence-electron chi connectivity index (χ2n) is 7.19. The molecule has 0 radical (unpaired) electrons. The second-order valence-corrected chi connectivity index (χ2v) is 7.19. The predicted molar refractivity (Wildman–Crippen MR) is 98.2 cm³/mol. The summed E-state index contributed by atoms with van der Waals surface area (Å²) in [5, 5.41) is 21.5. The summed E-state index contributed by atoms with van der Waals surface area (Å²) in [6, 6.07) is 6.00.